The Hall–Kier alpha value is -2.71. The number of aromatic nitrogens is 2. The fraction of sp³-hybridized carbons (Fsp3) is 0.409. The molecule has 9 heteroatoms. The van der Waals surface area contributed by atoms with Crippen LogP contribution in [0.1, 0.15) is 40.4 Å². The maximum atomic E-state index is 13.9. The van der Waals surface area contributed by atoms with Crippen molar-refractivity contribution in [2.24, 2.45) is 17.4 Å². The number of carbonyl (C=O) groups excluding carboxylic acids is 1. The Balaban J connectivity index is 1.54. The van der Waals surface area contributed by atoms with Crippen LogP contribution in [0.4, 0.5) is 4.39 Å². The number of hydrogen-bond donors (Lipinski definition) is 2. The molecule has 0 atom stereocenters. The zero-order chi connectivity index (χ0) is 22.3. The molecule has 7 nitrogen and oxygen atoms in total. The molecule has 0 unspecified atom stereocenters. The van der Waals surface area contributed by atoms with Gasteiger partial charge >= 0.3 is 0 Å². The van der Waals surface area contributed by atoms with E-state index in [0.29, 0.717) is 51.5 Å². The maximum absolute atomic E-state index is 13.9. The SMILES string of the molecule is Cc1nc(C2=C(N)CN(C(=O)c3ccc(F)cc3OC3CC(CN)C3)C2)nc(C)c1Cl. The van der Waals surface area contributed by atoms with Crippen molar-refractivity contribution in [2.75, 3.05) is 19.6 Å². The molecule has 4 rings (SSSR count). The number of nitrogens with two attached hydrogens (primary N) is 2. The van der Waals surface area contributed by atoms with Crippen molar-refractivity contribution in [3.63, 3.8) is 0 Å². The zero-order valence-electron chi connectivity index (χ0n) is 17.5. The smallest absolute Gasteiger partial charge is 0.258 e. The fourth-order valence-corrected chi connectivity index (χ4v) is 4.01. The first-order chi connectivity index (χ1) is 14.8. The number of carbonyl (C=O) groups is 1. The number of aryl methyl sites for hydroxylation is 2. The van der Waals surface area contributed by atoms with Crippen LogP contribution in [0.2, 0.25) is 5.02 Å². The highest BCUT2D eigenvalue weighted by molar-refractivity contribution is 6.31. The Morgan fingerprint density at radius 1 is 1.26 bits per heavy atom. The molecule has 4 N–H and O–H groups in total. The molecule has 164 valence electrons. The summed E-state index contributed by atoms with van der Waals surface area (Å²) in [6.07, 6.45) is 1.54. The van der Waals surface area contributed by atoms with Gasteiger partial charge in [-0.15, -0.1) is 0 Å². The molecule has 1 aromatic carbocycles. The lowest BCUT2D eigenvalue weighted by molar-refractivity contribution is 0.0644. The molecular weight excluding hydrogens is 421 g/mol. The minimum Gasteiger partial charge on any atom is -0.489 e. The summed E-state index contributed by atoms with van der Waals surface area (Å²) < 4.78 is 19.8. The Morgan fingerprint density at radius 3 is 2.58 bits per heavy atom. The van der Waals surface area contributed by atoms with Gasteiger partial charge in [0.05, 0.1) is 41.2 Å². The van der Waals surface area contributed by atoms with Gasteiger partial charge in [0, 0.05) is 17.3 Å². The molecule has 0 spiro atoms. The molecule has 1 aromatic heterocycles. The third kappa shape index (κ3) is 4.22. The Bertz CT molecular complexity index is 1040. The molecule has 1 fully saturated rings. The summed E-state index contributed by atoms with van der Waals surface area (Å²) in [5, 5.41) is 0.509. The van der Waals surface area contributed by atoms with Crippen LogP contribution in [-0.4, -0.2) is 46.5 Å². The van der Waals surface area contributed by atoms with Gasteiger partial charge in [0.2, 0.25) is 0 Å². The van der Waals surface area contributed by atoms with Crippen LogP contribution in [0.5, 0.6) is 5.75 Å². The second kappa shape index (κ2) is 8.43. The van der Waals surface area contributed by atoms with Gasteiger partial charge in [0.25, 0.3) is 5.91 Å². The summed E-state index contributed by atoms with van der Waals surface area (Å²) in [4.78, 5) is 23.7. The predicted molar refractivity (Wildman–Crippen MR) is 116 cm³/mol. The molecule has 0 bridgehead atoms. The summed E-state index contributed by atoms with van der Waals surface area (Å²) in [6, 6.07) is 3.96. The maximum Gasteiger partial charge on any atom is 0.258 e. The van der Waals surface area contributed by atoms with Crippen molar-refractivity contribution >= 4 is 23.1 Å². The predicted octanol–water partition coefficient (Wildman–Crippen LogP) is 2.83. The number of amides is 1. The van der Waals surface area contributed by atoms with E-state index in [1.54, 1.807) is 18.7 Å². The number of nitrogens with zero attached hydrogens (tertiary/aromatic N) is 3. The average molecular weight is 446 g/mol. The van der Waals surface area contributed by atoms with Gasteiger partial charge in [-0.25, -0.2) is 14.4 Å². The summed E-state index contributed by atoms with van der Waals surface area (Å²) >= 11 is 6.17. The van der Waals surface area contributed by atoms with Crippen LogP contribution < -0.4 is 16.2 Å². The molecule has 2 aromatic rings. The van der Waals surface area contributed by atoms with Gasteiger partial charge in [-0.3, -0.25) is 4.79 Å². The van der Waals surface area contributed by atoms with Crippen LogP contribution in [0.15, 0.2) is 23.9 Å². The molecule has 2 heterocycles. The van der Waals surface area contributed by atoms with Gasteiger partial charge < -0.3 is 21.1 Å². The standard InChI is InChI=1S/C22H25ClFN5O2/c1-11-20(23)12(2)28-21(27-11)17-9-29(10-18(17)26)22(30)16-4-3-14(24)7-19(16)31-15-5-13(6-15)8-25/h3-4,7,13,15H,5-6,8-10,25-26H2,1-2H3. The fourth-order valence-electron chi connectivity index (χ4n) is 3.93. The lowest BCUT2D eigenvalue weighted by atomic mass is 9.82. The lowest BCUT2D eigenvalue weighted by Crippen LogP contribution is -2.38. The van der Waals surface area contributed by atoms with Crippen LogP contribution in [0.25, 0.3) is 5.57 Å². The third-order valence-corrected chi connectivity index (χ3v) is 6.38. The Labute approximate surface area is 185 Å². The highest BCUT2D eigenvalue weighted by Gasteiger charge is 2.33. The molecule has 31 heavy (non-hydrogen) atoms. The van der Waals surface area contributed by atoms with Crippen molar-refractivity contribution in [1.82, 2.24) is 14.9 Å². The second-order valence-corrected chi connectivity index (χ2v) is 8.53. The van der Waals surface area contributed by atoms with E-state index < -0.39 is 5.82 Å². The second-order valence-electron chi connectivity index (χ2n) is 8.15. The highest BCUT2D eigenvalue weighted by Crippen LogP contribution is 2.34. The van der Waals surface area contributed by atoms with Gasteiger partial charge in [0.15, 0.2) is 5.82 Å². The van der Waals surface area contributed by atoms with E-state index in [-0.39, 0.29) is 30.9 Å². The molecular formula is C22H25ClFN5O2. The normalized spacial score (nSPS) is 20.7. The average Bonchev–Trinajstić information content (AvgIpc) is 3.09. The Morgan fingerprint density at radius 2 is 1.94 bits per heavy atom. The van der Waals surface area contributed by atoms with Crippen molar-refractivity contribution in [3.8, 4) is 5.75 Å². The first-order valence-corrected chi connectivity index (χ1v) is 10.6. The largest absolute Gasteiger partial charge is 0.489 e. The number of hydrogen-bond acceptors (Lipinski definition) is 6. The summed E-state index contributed by atoms with van der Waals surface area (Å²) in [5.74, 6) is 0.373. The number of halogens is 2. The molecule has 1 saturated carbocycles. The lowest BCUT2D eigenvalue weighted by Gasteiger charge is -2.35. The van der Waals surface area contributed by atoms with Crippen molar-refractivity contribution in [2.45, 2.75) is 32.8 Å². The number of benzene rings is 1. The van der Waals surface area contributed by atoms with Crippen LogP contribution >= 0.6 is 11.6 Å². The highest BCUT2D eigenvalue weighted by atomic mass is 35.5. The molecule has 0 radical (unpaired) electrons. The summed E-state index contributed by atoms with van der Waals surface area (Å²) in [6.45, 7) is 4.68. The molecule has 2 aliphatic rings. The van der Waals surface area contributed by atoms with Crippen LogP contribution in [0, 0.1) is 25.6 Å². The van der Waals surface area contributed by atoms with Gasteiger partial charge in [-0.05, 0) is 51.3 Å². The quantitative estimate of drug-likeness (QED) is 0.732. The van der Waals surface area contributed by atoms with Gasteiger partial charge in [-0.2, -0.15) is 0 Å². The van der Waals surface area contributed by atoms with Crippen molar-refractivity contribution < 1.29 is 13.9 Å². The molecule has 1 aliphatic carbocycles. The first kappa shape index (κ1) is 21.5. The zero-order valence-corrected chi connectivity index (χ0v) is 18.2. The van der Waals surface area contributed by atoms with Crippen LogP contribution in [0.3, 0.4) is 0 Å². The van der Waals surface area contributed by atoms with E-state index in [1.807, 2.05) is 0 Å². The van der Waals surface area contributed by atoms with Gasteiger partial charge in [-0.1, -0.05) is 11.6 Å². The minimum absolute atomic E-state index is 0.0624. The van der Waals surface area contributed by atoms with Crippen molar-refractivity contribution in [1.29, 1.82) is 0 Å². The minimum atomic E-state index is -0.457. The summed E-state index contributed by atoms with van der Waals surface area (Å²) in [5.41, 5.74) is 14.7. The Kier molecular flexibility index (Phi) is 5.85. The topological polar surface area (TPSA) is 107 Å². The molecule has 0 saturated heterocycles. The monoisotopic (exact) mass is 445 g/mol. The van der Waals surface area contributed by atoms with E-state index in [1.165, 1.54) is 18.2 Å². The van der Waals surface area contributed by atoms with Crippen molar-refractivity contribution in [3.05, 3.63) is 57.5 Å². The van der Waals surface area contributed by atoms with E-state index >= 15 is 0 Å². The first-order valence-electron chi connectivity index (χ1n) is 10.2. The van der Waals surface area contributed by atoms with E-state index in [4.69, 9.17) is 27.8 Å². The number of ether oxygens (including phenoxy) is 1. The number of rotatable bonds is 5. The summed E-state index contributed by atoms with van der Waals surface area (Å²) in [7, 11) is 0. The van der Waals surface area contributed by atoms with Crippen LogP contribution in [-0.2, 0) is 0 Å². The van der Waals surface area contributed by atoms with Gasteiger partial charge in [0.1, 0.15) is 11.6 Å². The van der Waals surface area contributed by atoms with E-state index in [0.717, 1.165) is 12.8 Å². The van der Waals surface area contributed by atoms with E-state index in [2.05, 4.69) is 9.97 Å². The third-order valence-electron chi connectivity index (χ3n) is 5.83. The van der Waals surface area contributed by atoms with E-state index in [9.17, 15) is 9.18 Å². The molecule has 1 amide bonds. The molecule has 1 aliphatic heterocycles.